The summed E-state index contributed by atoms with van der Waals surface area (Å²) in [5.74, 6) is 0.129. The Bertz CT molecular complexity index is 538. The van der Waals surface area contributed by atoms with E-state index < -0.39 is 9.84 Å². The van der Waals surface area contributed by atoms with Gasteiger partial charge in [-0.3, -0.25) is 0 Å². The van der Waals surface area contributed by atoms with Gasteiger partial charge in [0.1, 0.15) is 21.6 Å². The molecule has 5 nitrogen and oxygen atoms in total. The lowest BCUT2D eigenvalue weighted by molar-refractivity contribution is 0.596. The van der Waals surface area contributed by atoms with Gasteiger partial charge in [0.25, 0.3) is 0 Å². The van der Waals surface area contributed by atoms with Crippen molar-refractivity contribution in [3.63, 3.8) is 0 Å². The minimum Gasteiger partial charge on any atom is -0.340 e. The van der Waals surface area contributed by atoms with Gasteiger partial charge in [0, 0.05) is 32.1 Å². The largest absolute Gasteiger partial charge is 0.340 e. The molecule has 0 aliphatic rings. The first-order chi connectivity index (χ1) is 7.85. The Morgan fingerprint density at radius 1 is 1.53 bits per heavy atom. The second-order valence-electron chi connectivity index (χ2n) is 4.12. The summed E-state index contributed by atoms with van der Waals surface area (Å²) in [6, 6.07) is 3.93. The van der Waals surface area contributed by atoms with Crippen LogP contribution in [-0.2, 0) is 23.4 Å². The third-order valence-electron chi connectivity index (χ3n) is 2.72. The average molecular weight is 255 g/mol. The van der Waals surface area contributed by atoms with Gasteiger partial charge in [0.2, 0.25) is 0 Å². The lowest BCUT2D eigenvalue weighted by atomic mass is 10.2. The van der Waals surface area contributed by atoms with E-state index in [0.717, 1.165) is 11.3 Å². The van der Waals surface area contributed by atoms with Crippen LogP contribution in [-0.4, -0.2) is 31.5 Å². The zero-order valence-corrected chi connectivity index (χ0v) is 11.1. The molecule has 0 atom stereocenters. The molecule has 0 bridgehead atoms. The zero-order valence-electron chi connectivity index (χ0n) is 10.3. The fourth-order valence-electron chi connectivity index (χ4n) is 1.53. The molecule has 94 valence electrons. The summed E-state index contributed by atoms with van der Waals surface area (Å²) in [5, 5.41) is 11.9. The molecule has 0 spiro atoms. The molecule has 0 saturated heterocycles. The number of nitriles is 1. The lowest BCUT2D eigenvalue weighted by Crippen LogP contribution is -2.22. The van der Waals surface area contributed by atoms with Crippen LogP contribution in [0.4, 0.5) is 0 Å². The molecule has 1 rings (SSSR count). The second-order valence-corrected chi connectivity index (χ2v) is 6.38. The van der Waals surface area contributed by atoms with E-state index in [0.29, 0.717) is 18.8 Å². The highest BCUT2D eigenvalue weighted by Gasteiger charge is 2.08. The third kappa shape index (κ3) is 3.88. The fourth-order valence-corrected chi connectivity index (χ4v) is 2.04. The maximum Gasteiger partial charge on any atom is 0.148 e. The normalized spacial score (nSPS) is 11.4. The van der Waals surface area contributed by atoms with Crippen LogP contribution >= 0.6 is 0 Å². The molecule has 0 saturated carbocycles. The van der Waals surface area contributed by atoms with Gasteiger partial charge in [-0.15, -0.1) is 0 Å². The van der Waals surface area contributed by atoms with E-state index >= 15 is 0 Å². The fraction of sp³-hybridized carbons (Fsp3) is 0.545. The zero-order chi connectivity index (χ0) is 13.1. The maximum absolute atomic E-state index is 10.9. The highest BCUT2D eigenvalue weighted by Crippen LogP contribution is 2.12. The van der Waals surface area contributed by atoms with Gasteiger partial charge in [-0.05, 0) is 18.6 Å². The summed E-state index contributed by atoms with van der Waals surface area (Å²) >= 11 is 0. The molecule has 0 radical (unpaired) electrons. The van der Waals surface area contributed by atoms with Gasteiger partial charge in [0.05, 0.1) is 5.75 Å². The van der Waals surface area contributed by atoms with Gasteiger partial charge in [-0.25, -0.2) is 8.42 Å². The van der Waals surface area contributed by atoms with E-state index in [-0.39, 0.29) is 5.75 Å². The lowest BCUT2D eigenvalue weighted by Gasteiger charge is -2.04. The number of hydrogen-bond donors (Lipinski definition) is 1. The van der Waals surface area contributed by atoms with Crippen molar-refractivity contribution in [1.29, 1.82) is 5.26 Å². The summed E-state index contributed by atoms with van der Waals surface area (Å²) in [4.78, 5) is 0. The third-order valence-corrected chi connectivity index (χ3v) is 3.67. The van der Waals surface area contributed by atoms with Crippen LogP contribution in [0.2, 0.25) is 0 Å². The average Bonchev–Trinajstić information content (AvgIpc) is 2.50. The van der Waals surface area contributed by atoms with Crippen molar-refractivity contribution < 1.29 is 8.42 Å². The van der Waals surface area contributed by atoms with Crippen molar-refractivity contribution >= 4 is 9.84 Å². The molecule has 0 aliphatic carbocycles. The predicted molar refractivity (Wildman–Crippen MR) is 66.3 cm³/mol. The molecule has 17 heavy (non-hydrogen) atoms. The van der Waals surface area contributed by atoms with E-state index in [1.165, 1.54) is 6.26 Å². The molecule has 0 aromatic carbocycles. The van der Waals surface area contributed by atoms with E-state index in [9.17, 15) is 8.42 Å². The molecule has 6 heteroatoms. The van der Waals surface area contributed by atoms with Crippen molar-refractivity contribution in [2.45, 2.75) is 13.5 Å². The topological polar surface area (TPSA) is 74.9 Å². The van der Waals surface area contributed by atoms with Crippen molar-refractivity contribution in [2.24, 2.45) is 7.05 Å². The number of hydrogen-bond acceptors (Lipinski definition) is 4. The smallest absolute Gasteiger partial charge is 0.148 e. The molecule has 1 N–H and O–H groups in total. The number of nitrogens with one attached hydrogen (secondary N) is 1. The molecular weight excluding hydrogens is 238 g/mol. The molecule has 1 aromatic rings. The van der Waals surface area contributed by atoms with Crippen LogP contribution in [0.15, 0.2) is 6.07 Å². The molecule has 0 fully saturated rings. The monoisotopic (exact) mass is 255 g/mol. The number of aromatic nitrogens is 1. The number of sulfone groups is 1. The van der Waals surface area contributed by atoms with E-state index in [1.54, 1.807) is 0 Å². The van der Waals surface area contributed by atoms with Crippen LogP contribution in [0.25, 0.3) is 0 Å². The van der Waals surface area contributed by atoms with E-state index in [1.807, 2.05) is 24.6 Å². The SMILES string of the molecule is Cc1c(CNCCS(C)(=O)=O)cc(C#N)n1C. The van der Waals surface area contributed by atoms with Crippen LogP contribution in [0, 0.1) is 18.3 Å². The van der Waals surface area contributed by atoms with Crippen LogP contribution in [0.5, 0.6) is 0 Å². The Morgan fingerprint density at radius 2 is 2.18 bits per heavy atom. The number of rotatable bonds is 5. The Balaban J connectivity index is 2.57. The molecule has 0 unspecified atom stereocenters. The first-order valence-electron chi connectivity index (χ1n) is 5.29. The molecule has 0 amide bonds. The van der Waals surface area contributed by atoms with Gasteiger partial charge in [0.15, 0.2) is 0 Å². The van der Waals surface area contributed by atoms with Gasteiger partial charge >= 0.3 is 0 Å². The summed E-state index contributed by atoms with van der Waals surface area (Å²) in [6.07, 6.45) is 1.22. The van der Waals surface area contributed by atoms with Crippen molar-refractivity contribution in [2.75, 3.05) is 18.6 Å². The maximum atomic E-state index is 10.9. The van der Waals surface area contributed by atoms with Crippen LogP contribution in [0.1, 0.15) is 17.0 Å². The van der Waals surface area contributed by atoms with Crippen molar-refractivity contribution in [3.8, 4) is 6.07 Å². The van der Waals surface area contributed by atoms with Crippen molar-refractivity contribution in [1.82, 2.24) is 9.88 Å². The van der Waals surface area contributed by atoms with Gasteiger partial charge < -0.3 is 9.88 Å². The molecular formula is C11H17N3O2S. The summed E-state index contributed by atoms with van der Waals surface area (Å²) in [6.45, 7) is 2.94. The minimum atomic E-state index is -2.92. The van der Waals surface area contributed by atoms with Crippen molar-refractivity contribution in [3.05, 3.63) is 23.0 Å². The number of nitrogens with zero attached hydrogens (tertiary/aromatic N) is 2. The van der Waals surface area contributed by atoms with Gasteiger partial charge in [-0.2, -0.15) is 5.26 Å². The van der Waals surface area contributed by atoms with Gasteiger partial charge in [-0.1, -0.05) is 0 Å². The van der Waals surface area contributed by atoms with E-state index in [4.69, 9.17) is 5.26 Å². The van der Waals surface area contributed by atoms with Crippen LogP contribution in [0.3, 0.4) is 0 Å². The highest BCUT2D eigenvalue weighted by molar-refractivity contribution is 7.90. The standard InChI is InChI=1S/C11H17N3O2S/c1-9-10(6-11(7-12)14(9)2)8-13-4-5-17(3,15)16/h6,13H,4-5,8H2,1-3H3. The Labute approximate surface area is 102 Å². The predicted octanol–water partition coefficient (Wildman–Crippen LogP) is 0.339. The quantitative estimate of drug-likeness (QED) is 0.770. The Hall–Kier alpha value is -1.32. The summed E-state index contributed by atoms with van der Waals surface area (Å²) < 4.78 is 23.7. The molecule has 1 aromatic heterocycles. The minimum absolute atomic E-state index is 0.129. The summed E-state index contributed by atoms with van der Waals surface area (Å²) in [5.41, 5.74) is 2.66. The Morgan fingerprint density at radius 3 is 2.65 bits per heavy atom. The van der Waals surface area contributed by atoms with Crippen LogP contribution < -0.4 is 5.32 Å². The highest BCUT2D eigenvalue weighted by atomic mass is 32.2. The first kappa shape index (κ1) is 13.7. The Kier molecular flexibility index (Phi) is 4.32. The first-order valence-corrected chi connectivity index (χ1v) is 7.35. The molecule has 1 heterocycles. The second kappa shape index (κ2) is 5.34. The summed E-state index contributed by atoms with van der Waals surface area (Å²) in [7, 11) is -1.08. The molecule has 0 aliphatic heterocycles. The van der Waals surface area contributed by atoms with E-state index in [2.05, 4.69) is 11.4 Å².